The smallest absolute Gasteiger partial charge is 0.337 e. The summed E-state index contributed by atoms with van der Waals surface area (Å²) in [7, 11) is 1.41. The largest absolute Gasteiger partial charge is 0.465 e. The molecule has 1 heterocycles. The number of rotatable bonds is 6. The van der Waals surface area contributed by atoms with E-state index in [2.05, 4.69) is 17.1 Å². The number of hydrogen-bond acceptors (Lipinski definition) is 4. The summed E-state index contributed by atoms with van der Waals surface area (Å²) in [6, 6.07) is 8.46. The van der Waals surface area contributed by atoms with Gasteiger partial charge in [0.2, 0.25) is 0 Å². The molecule has 1 saturated heterocycles. The van der Waals surface area contributed by atoms with Gasteiger partial charge in [-0.2, -0.15) is 0 Å². The normalized spacial score (nSPS) is 16.1. The first-order chi connectivity index (χ1) is 10.2. The fourth-order valence-corrected chi connectivity index (χ4v) is 2.95. The predicted octanol–water partition coefficient (Wildman–Crippen LogP) is 2.44. The van der Waals surface area contributed by atoms with Crippen LogP contribution in [0.25, 0.3) is 0 Å². The number of benzene rings is 1. The van der Waals surface area contributed by atoms with Crippen LogP contribution in [0.1, 0.15) is 42.1 Å². The number of carbonyl (C=O) groups excluding carboxylic acids is 1. The zero-order valence-electron chi connectivity index (χ0n) is 13.1. The lowest BCUT2D eigenvalue weighted by Gasteiger charge is -2.34. The molecule has 116 valence electrons. The van der Waals surface area contributed by atoms with E-state index >= 15 is 0 Å². The minimum Gasteiger partial charge on any atom is -0.465 e. The van der Waals surface area contributed by atoms with Crippen LogP contribution in [0.5, 0.6) is 0 Å². The third-order valence-corrected chi connectivity index (χ3v) is 4.10. The molecule has 1 fully saturated rings. The quantitative estimate of drug-likeness (QED) is 0.817. The zero-order chi connectivity index (χ0) is 15.1. The summed E-state index contributed by atoms with van der Waals surface area (Å²) in [6.45, 7) is 6.55. The molecule has 0 saturated carbocycles. The number of methoxy groups -OCH3 is 1. The molecule has 1 N–H and O–H groups in total. The van der Waals surface area contributed by atoms with Gasteiger partial charge in [-0.15, -0.1) is 0 Å². The molecule has 0 amide bonds. The highest BCUT2D eigenvalue weighted by Crippen LogP contribution is 2.17. The second-order valence-electron chi connectivity index (χ2n) is 5.64. The van der Waals surface area contributed by atoms with E-state index in [1.807, 2.05) is 24.3 Å². The Balaban J connectivity index is 2.00. The molecule has 0 aromatic heterocycles. The van der Waals surface area contributed by atoms with E-state index in [1.54, 1.807) is 0 Å². The summed E-state index contributed by atoms with van der Waals surface area (Å²) in [5.74, 6) is -0.273. The van der Waals surface area contributed by atoms with Crippen LogP contribution in [-0.2, 0) is 11.3 Å². The van der Waals surface area contributed by atoms with Gasteiger partial charge in [0, 0.05) is 12.6 Å². The third-order valence-electron chi connectivity index (χ3n) is 4.10. The van der Waals surface area contributed by atoms with E-state index in [9.17, 15) is 4.79 Å². The molecule has 4 nitrogen and oxygen atoms in total. The molecule has 0 radical (unpaired) electrons. The molecule has 0 spiro atoms. The summed E-state index contributed by atoms with van der Waals surface area (Å²) in [5, 5.41) is 3.42. The number of nitrogens with zero attached hydrogens (tertiary/aromatic N) is 1. The molecule has 1 aliphatic rings. The highest BCUT2D eigenvalue weighted by molar-refractivity contribution is 5.89. The SMILES string of the molecule is CCCN(Cc1ccc(C(=O)OC)cc1)C1CCNCC1. The van der Waals surface area contributed by atoms with Gasteiger partial charge >= 0.3 is 5.97 Å². The molecule has 0 unspecified atom stereocenters. The second kappa shape index (κ2) is 8.15. The van der Waals surface area contributed by atoms with Crippen LogP contribution in [0.2, 0.25) is 0 Å². The number of ether oxygens (including phenoxy) is 1. The maximum Gasteiger partial charge on any atom is 0.337 e. The van der Waals surface area contributed by atoms with Gasteiger partial charge in [-0.1, -0.05) is 19.1 Å². The van der Waals surface area contributed by atoms with Crippen molar-refractivity contribution in [2.45, 2.75) is 38.8 Å². The van der Waals surface area contributed by atoms with Crippen LogP contribution in [0.3, 0.4) is 0 Å². The lowest BCUT2D eigenvalue weighted by molar-refractivity contribution is 0.0600. The van der Waals surface area contributed by atoms with Crippen molar-refractivity contribution in [1.82, 2.24) is 10.2 Å². The maximum atomic E-state index is 11.5. The van der Waals surface area contributed by atoms with Crippen LogP contribution in [-0.4, -0.2) is 43.7 Å². The van der Waals surface area contributed by atoms with Crippen molar-refractivity contribution in [2.24, 2.45) is 0 Å². The van der Waals surface area contributed by atoms with E-state index in [0.29, 0.717) is 11.6 Å². The van der Waals surface area contributed by atoms with Gasteiger partial charge in [0.1, 0.15) is 0 Å². The summed E-state index contributed by atoms with van der Waals surface area (Å²) in [6.07, 6.45) is 3.62. The Kier molecular flexibility index (Phi) is 6.21. The van der Waals surface area contributed by atoms with Gasteiger partial charge in [-0.05, 0) is 56.6 Å². The first-order valence-electron chi connectivity index (χ1n) is 7.86. The van der Waals surface area contributed by atoms with Crippen LogP contribution in [0.15, 0.2) is 24.3 Å². The Labute approximate surface area is 127 Å². The average molecular weight is 290 g/mol. The second-order valence-corrected chi connectivity index (χ2v) is 5.64. The molecule has 1 aromatic carbocycles. The van der Waals surface area contributed by atoms with E-state index in [0.717, 1.165) is 26.2 Å². The van der Waals surface area contributed by atoms with Crippen LogP contribution < -0.4 is 5.32 Å². The summed E-state index contributed by atoms with van der Waals surface area (Å²) in [5.41, 5.74) is 1.87. The number of esters is 1. The van der Waals surface area contributed by atoms with Gasteiger partial charge in [-0.25, -0.2) is 4.79 Å². The Morgan fingerprint density at radius 2 is 1.95 bits per heavy atom. The number of carbonyl (C=O) groups is 1. The minimum atomic E-state index is -0.273. The molecular weight excluding hydrogens is 264 g/mol. The van der Waals surface area contributed by atoms with Crippen molar-refractivity contribution in [3.8, 4) is 0 Å². The Hall–Kier alpha value is -1.39. The summed E-state index contributed by atoms with van der Waals surface area (Å²) >= 11 is 0. The molecule has 0 aliphatic carbocycles. The molecule has 0 bridgehead atoms. The monoisotopic (exact) mass is 290 g/mol. The first kappa shape index (κ1) is 16.0. The lowest BCUT2D eigenvalue weighted by atomic mass is 10.0. The Bertz CT molecular complexity index is 439. The molecule has 4 heteroatoms. The zero-order valence-corrected chi connectivity index (χ0v) is 13.1. The topological polar surface area (TPSA) is 41.6 Å². The molecule has 0 atom stereocenters. The molecule has 1 aromatic rings. The van der Waals surface area contributed by atoms with E-state index in [-0.39, 0.29) is 5.97 Å². The Morgan fingerprint density at radius 1 is 1.29 bits per heavy atom. The maximum absolute atomic E-state index is 11.5. The van der Waals surface area contributed by atoms with Crippen LogP contribution >= 0.6 is 0 Å². The van der Waals surface area contributed by atoms with Crippen molar-refractivity contribution < 1.29 is 9.53 Å². The van der Waals surface area contributed by atoms with Gasteiger partial charge < -0.3 is 10.1 Å². The van der Waals surface area contributed by atoms with E-state index < -0.39 is 0 Å². The van der Waals surface area contributed by atoms with Crippen molar-refractivity contribution >= 4 is 5.97 Å². The third kappa shape index (κ3) is 4.55. The van der Waals surface area contributed by atoms with Crippen LogP contribution in [0, 0.1) is 0 Å². The van der Waals surface area contributed by atoms with Crippen molar-refractivity contribution in [1.29, 1.82) is 0 Å². The van der Waals surface area contributed by atoms with E-state index in [4.69, 9.17) is 4.74 Å². The summed E-state index contributed by atoms with van der Waals surface area (Å²) in [4.78, 5) is 14.0. The predicted molar refractivity (Wildman–Crippen MR) is 84.4 cm³/mol. The molecule has 1 aliphatic heterocycles. The van der Waals surface area contributed by atoms with Gasteiger partial charge in [0.15, 0.2) is 0 Å². The molecule has 2 rings (SSSR count). The number of hydrogen-bond donors (Lipinski definition) is 1. The van der Waals surface area contributed by atoms with Crippen molar-refractivity contribution in [3.63, 3.8) is 0 Å². The standard InChI is InChI=1S/C17H26N2O2/c1-3-12-19(16-8-10-18-11-9-16)13-14-4-6-15(7-5-14)17(20)21-2/h4-7,16,18H,3,8-13H2,1-2H3. The van der Waals surface area contributed by atoms with Gasteiger partial charge in [-0.3, -0.25) is 4.90 Å². The van der Waals surface area contributed by atoms with E-state index in [1.165, 1.54) is 31.9 Å². The summed E-state index contributed by atoms with van der Waals surface area (Å²) < 4.78 is 4.73. The van der Waals surface area contributed by atoms with Crippen molar-refractivity contribution in [3.05, 3.63) is 35.4 Å². The fourth-order valence-electron chi connectivity index (χ4n) is 2.95. The first-order valence-corrected chi connectivity index (χ1v) is 7.86. The van der Waals surface area contributed by atoms with Gasteiger partial charge in [0.05, 0.1) is 12.7 Å². The molecule has 21 heavy (non-hydrogen) atoms. The average Bonchev–Trinajstić information content (AvgIpc) is 2.55. The highest BCUT2D eigenvalue weighted by atomic mass is 16.5. The fraction of sp³-hybridized carbons (Fsp3) is 0.588. The highest BCUT2D eigenvalue weighted by Gasteiger charge is 2.20. The lowest BCUT2D eigenvalue weighted by Crippen LogP contribution is -2.43. The number of nitrogens with one attached hydrogen (secondary N) is 1. The number of piperidine rings is 1. The minimum absolute atomic E-state index is 0.273. The Morgan fingerprint density at radius 3 is 2.52 bits per heavy atom. The van der Waals surface area contributed by atoms with Gasteiger partial charge in [0.25, 0.3) is 0 Å². The molecular formula is C17H26N2O2. The van der Waals surface area contributed by atoms with Crippen LogP contribution in [0.4, 0.5) is 0 Å². The van der Waals surface area contributed by atoms with Crippen molar-refractivity contribution in [2.75, 3.05) is 26.7 Å².